The molecule has 2 rings (SSSR count). The molecule has 0 unspecified atom stereocenters. The molecule has 19 heavy (non-hydrogen) atoms. The molecule has 106 valence electrons. The number of nitrogens with one attached hydrogen (secondary N) is 1. The maximum absolute atomic E-state index is 5.95. The summed E-state index contributed by atoms with van der Waals surface area (Å²) >= 11 is 0. The number of quaternary nitrogens is 2. The molecule has 0 atom stereocenters. The van der Waals surface area contributed by atoms with E-state index >= 15 is 0 Å². The van der Waals surface area contributed by atoms with Gasteiger partial charge in [0.05, 0.1) is 0 Å². The lowest BCUT2D eigenvalue weighted by atomic mass is 10.0. The lowest BCUT2D eigenvalue weighted by Crippen LogP contribution is -3.20. The van der Waals surface area contributed by atoms with E-state index in [1.807, 2.05) is 0 Å². The highest BCUT2D eigenvalue weighted by Crippen LogP contribution is 2.22. The molecule has 0 spiro atoms. The number of rotatable bonds is 5. The number of benzene rings is 1. The quantitative estimate of drug-likeness (QED) is 0.768. The van der Waals surface area contributed by atoms with Gasteiger partial charge in [0.25, 0.3) is 0 Å². The van der Waals surface area contributed by atoms with E-state index in [0.29, 0.717) is 5.92 Å². The van der Waals surface area contributed by atoms with Gasteiger partial charge in [-0.05, 0) is 36.1 Å². The summed E-state index contributed by atoms with van der Waals surface area (Å²) in [5, 5.41) is 2.40. The molecular formula is C16H28N2O+2. The lowest BCUT2D eigenvalue weighted by Gasteiger charge is -2.22. The van der Waals surface area contributed by atoms with Gasteiger partial charge in [-0.1, -0.05) is 19.9 Å². The van der Waals surface area contributed by atoms with Crippen molar-refractivity contribution in [1.29, 1.82) is 0 Å². The van der Waals surface area contributed by atoms with Crippen molar-refractivity contribution in [2.75, 3.05) is 39.3 Å². The Morgan fingerprint density at radius 1 is 1.21 bits per heavy atom. The normalized spacial score (nSPS) is 16.8. The van der Waals surface area contributed by atoms with Crippen LogP contribution in [0.15, 0.2) is 18.2 Å². The highest BCUT2D eigenvalue weighted by atomic mass is 16.5. The third kappa shape index (κ3) is 4.51. The third-order valence-electron chi connectivity index (χ3n) is 3.87. The molecular weight excluding hydrogens is 236 g/mol. The molecule has 1 fully saturated rings. The zero-order valence-electron chi connectivity index (χ0n) is 12.5. The van der Waals surface area contributed by atoms with Gasteiger partial charge >= 0.3 is 0 Å². The number of ether oxygens (including phenoxy) is 1. The van der Waals surface area contributed by atoms with Crippen molar-refractivity contribution < 1.29 is 15.0 Å². The van der Waals surface area contributed by atoms with Crippen LogP contribution in [0.4, 0.5) is 0 Å². The number of hydrogen-bond donors (Lipinski definition) is 2. The number of nitrogens with two attached hydrogens (primary N) is 1. The van der Waals surface area contributed by atoms with Crippen LogP contribution >= 0.6 is 0 Å². The van der Waals surface area contributed by atoms with Gasteiger partial charge in [-0.15, -0.1) is 0 Å². The molecule has 1 aromatic carbocycles. The molecule has 0 aromatic heterocycles. The summed E-state index contributed by atoms with van der Waals surface area (Å²) in [6.07, 6.45) is 0. The van der Waals surface area contributed by atoms with Crippen molar-refractivity contribution >= 4 is 0 Å². The Labute approximate surface area is 116 Å². The standard InChI is InChI=1S/C16H26N2O/c1-13(2)15-10-14(3)11-16(12-15)19-9-8-18-6-4-17-5-7-18/h10-13,17H,4-9H2,1-3H3/p+2. The van der Waals surface area contributed by atoms with Crippen molar-refractivity contribution in [3.63, 3.8) is 0 Å². The van der Waals surface area contributed by atoms with Gasteiger partial charge < -0.3 is 15.0 Å². The summed E-state index contributed by atoms with van der Waals surface area (Å²) in [7, 11) is 0. The summed E-state index contributed by atoms with van der Waals surface area (Å²) in [6, 6.07) is 6.59. The molecule has 3 heteroatoms. The Kier molecular flexibility index (Phi) is 5.23. The predicted octanol–water partition coefficient (Wildman–Crippen LogP) is -0.0409. The molecule has 3 N–H and O–H groups in total. The van der Waals surface area contributed by atoms with E-state index in [2.05, 4.69) is 44.3 Å². The van der Waals surface area contributed by atoms with Crippen LogP contribution in [0.3, 0.4) is 0 Å². The van der Waals surface area contributed by atoms with Crippen molar-refractivity contribution in [1.82, 2.24) is 0 Å². The van der Waals surface area contributed by atoms with Crippen LogP contribution in [0.1, 0.15) is 30.9 Å². The fourth-order valence-corrected chi connectivity index (χ4v) is 2.64. The summed E-state index contributed by atoms with van der Waals surface area (Å²) in [5.41, 5.74) is 2.66. The molecule has 0 amide bonds. The van der Waals surface area contributed by atoms with Gasteiger partial charge in [0.15, 0.2) is 0 Å². The molecule has 0 bridgehead atoms. The number of aryl methyl sites for hydroxylation is 1. The van der Waals surface area contributed by atoms with E-state index in [1.54, 1.807) is 4.90 Å². The molecule has 0 saturated carbocycles. The number of piperazine rings is 1. The first-order valence-electron chi connectivity index (χ1n) is 7.55. The largest absolute Gasteiger partial charge is 0.488 e. The van der Waals surface area contributed by atoms with E-state index in [0.717, 1.165) is 18.9 Å². The summed E-state index contributed by atoms with van der Waals surface area (Å²) in [5.74, 6) is 1.59. The highest BCUT2D eigenvalue weighted by molar-refractivity contribution is 5.35. The zero-order valence-corrected chi connectivity index (χ0v) is 12.5. The summed E-state index contributed by atoms with van der Waals surface area (Å²) in [4.78, 5) is 1.68. The molecule has 0 aliphatic carbocycles. The average molecular weight is 264 g/mol. The van der Waals surface area contributed by atoms with Crippen LogP contribution in [0.5, 0.6) is 5.75 Å². The second kappa shape index (κ2) is 6.92. The van der Waals surface area contributed by atoms with Crippen LogP contribution in [0.25, 0.3) is 0 Å². The van der Waals surface area contributed by atoms with Crippen molar-refractivity contribution in [3.05, 3.63) is 29.3 Å². The first-order chi connectivity index (χ1) is 9.15. The second-order valence-electron chi connectivity index (χ2n) is 5.95. The minimum Gasteiger partial charge on any atom is -0.488 e. The maximum atomic E-state index is 5.95. The van der Waals surface area contributed by atoms with Crippen molar-refractivity contribution in [2.24, 2.45) is 0 Å². The van der Waals surface area contributed by atoms with Crippen LogP contribution < -0.4 is 15.0 Å². The van der Waals surface area contributed by atoms with Crippen LogP contribution in [0, 0.1) is 6.92 Å². The molecule has 1 aliphatic rings. The van der Waals surface area contributed by atoms with Crippen LogP contribution in [-0.4, -0.2) is 39.3 Å². The highest BCUT2D eigenvalue weighted by Gasteiger charge is 2.15. The molecule has 1 saturated heterocycles. The minimum absolute atomic E-state index is 0.561. The molecule has 1 aromatic rings. The van der Waals surface area contributed by atoms with E-state index in [4.69, 9.17) is 4.74 Å². The molecule has 0 radical (unpaired) electrons. The number of hydrogen-bond acceptors (Lipinski definition) is 1. The topological polar surface area (TPSA) is 30.3 Å². The third-order valence-corrected chi connectivity index (χ3v) is 3.87. The van der Waals surface area contributed by atoms with Gasteiger partial charge in [-0.2, -0.15) is 0 Å². The Hall–Kier alpha value is -1.06. The van der Waals surface area contributed by atoms with Crippen molar-refractivity contribution in [2.45, 2.75) is 26.7 Å². The Balaban J connectivity index is 1.84. The Morgan fingerprint density at radius 3 is 2.63 bits per heavy atom. The van der Waals surface area contributed by atoms with Gasteiger partial charge in [-0.3, -0.25) is 0 Å². The van der Waals surface area contributed by atoms with E-state index in [1.165, 1.54) is 37.3 Å². The first-order valence-corrected chi connectivity index (χ1v) is 7.55. The molecule has 1 aliphatic heterocycles. The van der Waals surface area contributed by atoms with Crippen molar-refractivity contribution in [3.8, 4) is 5.75 Å². The van der Waals surface area contributed by atoms with E-state index in [9.17, 15) is 0 Å². The van der Waals surface area contributed by atoms with Crippen LogP contribution in [0.2, 0.25) is 0 Å². The first kappa shape index (κ1) is 14.4. The Bertz CT molecular complexity index is 398. The fraction of sp³-hybridized carbons (Fsp3) is 0.625. The molecule has 3 nitrogen and oxygen atoms in total. The fourth-order valence-electron chi connectivity index (χ4n) is 2.64. The van der Waals surface area contributed by atoms with Crippen LogP contribution in [-0.2, 0) is 0 Å². The SMILES string of the molecule is Cc1cc(OCC[NH+]2CC[NH2+]CC2)cc(C(C)C)c1. The smallest absolute Gasteiger partial charge is 0.137 e. The monoisotopic (exact) mass is 264 g/mol. The maximum Gasteiger partial charge on any atom is 0.137 e. The van der Waals surface area contributed by atoms with E-state index < -0.39 is 0 Å². The summed E-state index contributed by atoms with van der Waals surface area (Å²) in [6.45, 7) is 13.6. The second-order valence-corrected chi connectivity index (χ2v) is 5.95. The van der Waals surface area contributed by atoms with Gasteiger partial charge in [0, 0.05) is 0 Å². The average Bonchev–Trinajstić information content (AvgIpc) is 2.39. The minimum atomic E-state index is 0.561. The summed E-state index contributed by atoms with van der Waals surface area (Å²) < 4.78 is 5.95. The van der Waals surface area contributed by atoms with Gasteiger partial charge in [-0.25, -0.2) is 0 Å². The van der Waals surface area contributed by atoms with E-state index in [-0.39, 0.29) is 0 Å². The molecule has 1 heterocycles. The predicted molar refractivity (Wildman–Crippen MR) is 78.0 cm³/mol. The van der Waals surface area contributed by atoms with Gasteiger partial charge in [0.1, 0.15) is 45.1 Å². The Morgan fingerprint density at radius 2 is 1.95 bits per heavy atom. The lowest BCUT2D eigenvalue weighted by molar-refractivity contribution is -0.946. The zero-order chi connectivity index (χ0) is 13.7. The van der Waals surface area contributed by atoms with Gasteiger partial charge in [0.2, 0.25) is 0 Å².